The number of anilines is 1. The van der Waals surface area contributed by atoms with Gasteiger partial charge in [0.2, 0.25) is 0 Å². The summed E-state index contributed by atoms with van der Waals surface area (Å²) in [6.45, 7) is 3.84. The molecule has 1 fully saturated rings. The molecule has 120 valence electrons. The molecule has 4 rings (SSSR count). The first-order valence-electron chi connectivity index (χ1n) is 8.00. The van der Waals surface area contributed by atoms with Gasteiger partial charge in [0.05, 0.1) is 5.52 Å². The second-order valence-electron chi connectivity index (χ2n) is 6.01. The molecule has 0 amide bonds. The van der Waals surface area contributed by atoms with Crippen molar-refractivity contribution in [3.63, 3.8) is 0 Å². The lowest BCUT2D eigenvalue weighted by Gasteiger charge is -2.34. The summed E-state index contributed by atoms with van der Waals surface area (Å²) in [5, 5.41) is 2.27. The van der Waals surface area contributed by atoms with Gasteiger partial charge in [-0.3, -0.25) is 9.88 Å². The molecule has 4 heterocycles. The predicted octanol–water partition coefficient (Wildman–Crippen LogP) is 2.21. The van der Waals surface area contributed by atoms with E-state index < -0.39 is 0 Å². The lowest BCUT2D eigenvalue weighted by Crippen LogP contribution is -2.47. The number of aryl methyl sites for hydroxylation is 1. The van der Waals surface area contributed by atoms with E-state index in [1.54, 1.807) is 0 Å². The maximum Gasteiger partial charge on any atom is 0.143 e. The molecule has 1 aliphatic heterocycles. The highest BCUT2D eigenvalue weighted by atomic mass is 19.1. The molecular weight excluding hydrogens is 293 g/mol. The van der Waals surface area contributed by atoms with Crippen LogP contribution in [0.2, 0.25) is 0 Å². The van der Waals surface area contributed by atoms with E-state index in [1.165, 1.54) is 0 Å². The second kappa shape index (κ2) is 5.77. The summed E-state index contributed by atoms with van der Waals surface area (Å²) in [7, 11) is 2.04. The number of rotatable bonds is 3. The van der Waals surface area contributed by atoms with Crippen LogP contribution in [0, 0.1) is 0 Å². The Bertz CT molecular complexity index is 835. The quantitative estimate of drug-likeness (QED) is 0.743. The van der Waals surface area contributed by atoms with Crippen LogP contribution in [0.1, 0.15) is 0 Å². The van der Waals surface area contributed by atoms with Gasteiger partial charge in [-0.25, -0.2) is 9.37 Å². The largest absolute Gasteiger partial charge is 0.354 e. The number of aromatic nitrogens is 3. The first-order chi connectivity index (χ1) is 11.3. The van der Waals surface area contributed by atoms with Gasteiger partial charge in [0.15, 0.2) is 0 Å². The number of hydrogen-bond acceptors (Lipinski definition) is 4. The topological polar surface area (TPSA) is 37.2 Å². The Balaban J connectivity index is 1.67. The highest BCUT2D eigenvalue weighted by Crippen LogP contribution is 2.28. The fourth-order valence-corrected chi connectivity index (χ4v) is 3.40. The van der Waals surface area contributed by atoms with E-state index in [4.69, 9.17) is 4.98 Å². The van der Waals surface area contributed by atoms with Crippen LogP contribution in [0.15, 0.2) is 30.6 Å². The molecule has 3 aromatic heterocycles. The van der Waals surface area contributed by atoms with Crippen molar-refractivity contribution < 1.29 is 4.39 Å². The van der Waals surface area contributed by atoms with Gasteiger partial charge in [-0.05, 0) is 18.2 Å². The maximum atomic E-state index is 12.4. The number of halogens is 1. The minimum atomic E-state index is -0.270. The molecule has 23 heavy (non-hydrogen) atoms. The van der Waals surface area contributed by atoms with Crippen LogP contribution in [0.5, 0.6) is 0 Å². The van der Waals surface area contributed by atoms with Gasteiger partial charge in [0.1, 0.15) is 18.1 Å². The van der Waals surface area contributed by atoms with Crippen LogP contribution in [0.25, 0.3) is 21.9 Å². The first-order valence-corrected chi connectivity index (χ1v) is 8.00. The van der Waals surface area contributed by atoms with Gasteiger partial charge < -0.3 is 9.47 Å². The van der Waals surface area contributed by atoms with Crippen molar-refractivity contribution in [1.29, 1.82) is 0 Å². The molecule has 0 atom stereocenters. The highest BCUT2D eigenvalue weighted by Gasteiger charge is 2.19. The predicted molar refractivity (Wildman–Crippen MR) is 90.6 cm³/mol. The van der Waals surface area contributed by atoms with Gasteiger partial charge in [-0.15, -0.1) is 0 Å². The molecule has 0 saturated carbocycles. The lowest BCUT2D eigenvalue weighted by atomic mass is 10.2. The average molecular weight is 313 g/mol. The molecule has 0 bridgehead atoms. The van der Waals surface area contributed by atoms with E-state index in [-0.39, 0.29) is 6.67 Å². The van der Waals surface area contributed by atoms with Crippen molar-refractivity contribution in [2.24, 2.45) is 7.05 Å². The molecule has 0 spiro atoms. The van der Waals surface area contributed by atoms with Crippen molar-refractivity contribution in [3.05, 3.63) is 30.6 Å². The van der Waals surface area contributed by atoms with Crippen LogP contribution in [0.3, 0.4) is 0 Å². The van der Waals surface area contributed by atoms with Gasteiger partial charge >= 0.3 is 0 Å². The summed E-state index contributed by atoms with van der Waals surface area (Å²) in [4.78, 5) is 13.5. The Morgan fingerprint density at radius 3 is 2.70 bits per heavy atom. The third kappa shape index (κ3) is 2.43. The zero-order valence-electron chi connectivity index (χ0n) is 13.2. The highest BCUT2D eigenvalue weighted by molar-refractivity contribution is 6.06. The molecule has 0 radical (unpaired) electrons. The molecule has 0 N–H and O–H groups in total. The fourth-order valence-electron chi connectivity index (χ4n) is 3.40. The molecule has 1 saturated heterocycles. The fraction of sp³-hybridized carbons (Fsp3) is 0.412. The summed E-state index contributed by atoms with van der Waals surface area (Å²) in [6.07, 6.45) is 3.71. The average Bonchev–Trinajstić information content (AvgIpc) is 2.89. The van der Waals surface area contributed by atoms with Crippen LogP contribution in [-0.2, 0) is 7.05 Å². The number of nitrogens with zero attached hydrogens (tertiary/aromatic N) is 5. The SMILES string of the molecule is Cn1c2ccncc2c2ccc(N3CCN(CCF)CC3)nc21. The van der Waals surface area contributed by atoms with E-state index in [9.17, 15) is 4.39 Å². The van der Waals surface area contributed by atoms with Crippen molar-refractivity contribution in [2.75, 3.05) is 44.3 Å². The van der Waals surface area contributed by atoms with Crippen LogP contribution in [0.4, 0.5) is 10.2 Å². The Hall–Kier alpha value is -2.21. The molecular formula is C17H20FN5. The number of alkyl halides is 1. The third-order valence-electron chi connectivity index (χ3n) is 4.72. The second-order valence-corrected chi connectivity index (χ2v) is 6.01. The minimum absolute atomic E-state index is 0.270. The molecule has 5 nitrogen and oxygen atoms in total. The summed E-state index contributed by atoms with van der Waals surface area (Å²) in [6, 6.07) is 6.24. The number of piperazine rings is 1. The Labute approximate surface area is 134 Å². The Kier molecular flexibility index (Phi) is 3.61. The van der Waals surface area contributed by atoms with Gasteiger partial charge in [-0.2, -0.15) is 0 Å². The van der Waals surface area contributed by atoms with Crippen molar-refractivity contribution in [2.45, 2.75) is 0 Å². The zero-order valence-corrected chi connectivity index (χ0v) is 13.2. The summed E-state index contributed by atoms with van der Waals surface area (Å²) >= 11 is 0. The summed E-state index contributed by atoms with van der Waals surface area (Å²) in [5.41, 5.74) is 2.13. The third-order valence-corrected chi connectivity index (χ3v) is 4.72. The zero-order chi connectivity index (χ0) is 15.8. The Morgan fingerprint density at radius 2 is 1.91 bits per heavy atom. The van der Waals surface area contributed by atoms with Crippen molar-refractivity contribution in [1.82, 2.24) is 19.4 Å². The van der Waals surface area contributed by atoms with Crippen LogP contribution < -0.4 is 4.90 Å². The minimum Gasteiger partial charge on any atom is -0.354 e. The normalized spacial score (nSPS) is 16.5. The standard InChI is InChI=1S/C17H20FN5/c1-21-15-4-6-19-12-14(15)13-2-3-16(20-17(13)21)23-10-8-22(7-5-18)9-11-23/h2-4,6,12H,5,7-11H2,1H3. The van der Waals surface area contributed by atoms with Crippen LogP contribution in [-0.4, -0.2) is 58.8 Å². The molecule has 1 aliphatic rings. The van der Waals surface area contributed by atoms with E-state index in [0.717, 1.165) is 53.9 Å². The van der Waals surface area contributed by atoms with Crippen molar-refractivity contribution in [3.8, 4) is 0 Å². The number of pyridine rings is 2. The van der Waals surface area contributed by atoms with E-state index in [0.29, 0.717) is 6.54 Å². The smallest absolute Gasteiger partial charge is 0.143 e. The number of fused-ring (bicyclic) bond motifs is 3. The number of hydrogen-bond donors (Lipinski definition) is 0. The monoisotopic (exact) mass is 313 g/mol. The summed E-state index contributed by atoms with van der Waals surface area (Å²) < 4.78 is 14.6. The van der Waals surface area contributed by atoms with Gasteiger partial charge in [-0.1, -0.05) is 0 Å². The maximum absolute atomic E-state index is 12.4. The van der Waals surface area contributed by atoms with Crippen molar-refractivity contribution >= 4 is 27.8 Å². The molecule has 0 unspecified atom stereocenters. The Morgan fingerprint density at radius 1 is 1.09 bits per heavy atom. The molecule has 0 aromatic carbocycles. The molecule has 0 aliphatic carbocycles. The van der Waals surface area contributed by atoms with Gasteiger partial charge in [0.25, 0.3) is 0 Å². The summed E-state index contributed by atoms with van der Waals surface area (Å²) in [5.74, 6) is 0.997. The van der Waals surface area contributed by atoms with E-state index >= 15 is 0 Å². The van der Waals surface area contributed by atoms with E-state index in [2.05, 4.69) is 31.5 Å². The molecule has 6 heteroatoms. The van der Waals surface area contributed by atoms with Crippen LogP contribution >= 0.6 is 0 Å². The van der Waals surface area contributed by atoms with E-state index in [1.807, 2.05) is 25.5 Å². The first kappa shape index (κ1) is 14.4. The van der Waals surface area contributed by atoms with Gasteiger partial charge in [0, 0.05) is 62.9 Å². The lowest BCUT2D eigenvalue weighted by molar-refractivity contribution is 0.235. The molecule has 3 aromatic rings.